The fourth-order valence-electron chi connectivity index (χ4n) is 2.88. The highest BCUT2D eigenvalue weighted by Gasteiger charge is 2.36. The first kappa shape index (κ1) is 19.7. The summed E-state index contributed by atoms with van der Waals surface area (Å²) in [7, 11) is 0. The zero-order valence-corrected chi connectivity index (χ0v) is 16.4. The number of imide groups is 1. The van der Waals surface area contributed by atoms with Gasteiger partial charge in [0.2, 0.25) is 0 Å². The summed E-state index contributed by atoms with van der Waals surface area (Å²) in [5, 5.41) is -0.248. The normalized spacial score (nSPS) is 19.8. The standard InChI is InChI=1S/C19H24N2O5S/c1-3-25-15-6-5-14(16(12-15)26-4-2)11-17-18(22)21(19(23)27-17)13-20-7-9-24-10-8-20/h5-6,11-12H,3-4,7-10,13H2,1-2H3. The Morgan fingerprint density at radius 1 is 1.15 bits per heavy atom. The van der Waals surface area contributed by atoms with Gasteiger partial charge in [0.05, 0.1) is 38.0 Å². The van der Waals surface area contributed by atoms with Gasteiger partial charge >= 0.3 is 0 Å². The molecule has 1 aromatic rings. The van der Waals surface area contributed by atoms with Gasteiger partial charge < -0.3 is 14.2 Å². The Kier molecular flexibility index (Phi) is 6.76. The lowest BCUT2D eigenvalue weighted by Crippen LogP contribution is -2.45. The summed E-state index contributed by atoms with van der Waals surface area (Å²) in [6, 6.07) is 5.47. The van der Waals surface area contributed by atoms with Crippen LogP contribution in [0.1, 0.15) is 19.4 Å². The first-order valence-corrected chi connectivity index (χ1v) is 9.89. The predicted molar refractivity (Wildman–Crippen MR) is 104 cm³/mol. The maximum atomic E-state index is 12.7. The van der Waals surface area contributed by atoms with Crippen molar-refractivity contribution in [2.24, 2.45) is 0 Å². The Morgan fingerprint density at radius 2 is 1.89 bits per heavy atom. The van der Waals surface area contributed by atoms with Gasteiger partial charge in [0.1, 0.15) is 11.5 Å². The zero-order valence-electron chi connectivity index (χ0n) is 15.6. The van der Waals surface area contributed by atoms with E-state index in [0.29, 0.717) is 62.6 Å². The number of hydrogen-bond donors (Lipinski definition) is 0. The minimum Gasteiger partial charge on any atom is -0.494 e. The van der Waals surface area contributed by atoms with Crippen molar-refractivity contribution in [2.75, 3.05) is 46.2 Å². The number of hydrogen-bond acceptors (Lipinski definition) is 7. The van der Waals surface area contributed by atoms with Crippen LogP contribution in [0.15, 0.2) is 23.1 Å². The molecule has 1 aromatic carbocycles. The van der Waals surface area contributed by atoms with Crippen LogP contribution in [0.3, 0.4) is 0 Å². The molecular weight excluding hydrogens is 368 g/mol. The molecule has 0 aliphatic carbocycles. The lowest BCUT2D eigenvalue weighted by atomic mass is 10.1. The molecule has 0 N–H and O–H groups in total. The fraction of sp³-hybridized carbons (Fsp3) is 0.474. The van der Waals surface area contributed by atoms with Crippen molar-refractivity contribution in [3.8, 4) is 11.5 Å². The molecule has 8 heteroatoms. The Bertz CT molecular complexity index is 731. The van der Waals surface area contributed by atoms with Crippen LogP contribution in [-0.4, -0.2) is 67.1 Å². The van der Waals surface area contributed by atoms with Crippen LogP contribution in [0.25, 0.3) is 6.08 Å². The van der Waals surface area contributed by atoms with Crippen LogP contribution < -0.4 is 9.47 Å². The minimum absolute atomic E-state index is 0.248. The highest BCUT2D eigenvalue weighted by molar-refractivity contribution is 8.18. The maximum absolute atomic E-state index is 12.7. The maximum Gasteiger partial charge on any atom is 0.294 e. The van der Waals surface area contributed by atoms with Crippen molar-refractivity contribution in [2.45, 2.75) is 13.8 Å². The topological polar surface area (TPSA) is 68.3 Å². The Balaban J connectivity index is 1.78. The van der Waals surface area contributed by atoms with E-state index in [0.717, 1.165) is 17.3 Å². The van der Waals surface area contributed by atoms with Crippen LogP contribution >= 0.6 is 11.8 Å². The molecule has 7 nitrogen and oxygen atoms in total. The van der Waals surface area contributed by atoms with E-state index in [-0.39, 0.29) is 11.1 Å². The highest BCUT2D eigenvalue weighted by Crippen LogP contribution is 2.35. The van der Waals surface area contributed by atoms with Crippen molar-refractivity contribution < 1.29 is 23.8 Å². The average Bonchev–Trinajstić information content (AvgIpc) is 2.93. The van der Waals surface area contributed by atoms with Crippen molar-refractivity contribution in [1.29, 1.82) is 0 Å². The van der Waals surface area contributed by atoms with Gasteiger partial charge in [-0.05, 0) is 43.8 Å². The summed E-state index contributed by atoms with van der Waals surface area (Å²) in [5.74, 6) is 1.06. The lowest BCUT2D eigenvalue weighted by Gasteiger charge is -2.29. The van der Waals surface area contributed by atoms with E-state index in [9.17, 15) is 9.59 Å². The molecule has 3 rings (SSSR count). The van der Waals surface area contributed by atoms with E-state index in [1.54, 1.807) is 12.1 Å². The molecule has 2 fully saturated rings. The Hall–Kier alpha value is -2.03. The molecule has 0 saturated carbocycles. The number of carbonyl (C=O) groups is 2. The van der Waals surface area contributed by atoms with Crippen LogP contribution in [0, 0.1) is 0 Å². The van der Waals surface area contributed by atoms with Crippen LogP contribution in [0.4, 0.5) is 4.79 Å². The molecule has 2 saturated heterocycles. The van der Waals surface area contributed by atoms with Gasteiger partial charge in [-0.15, -0.1) is 0 Å². The zero-order chi connectivity index (χ0) is 19.2. The van der Waals surface area contributed by atoms with E-state index in [2.05, 4.69) is 0 Å². The average molecular weight is 392 g/mol. The summed E-state index contributed by atoms with van der Waals surface area (Å²) in [4.78, 5) is 28.8. The van der Waals surface area contributed by atoms with Crippen LogP contribution in [0.5, 0.6) is 11.5 Å². The Morgan fingerprint density at radius 3 is 2.59 bits per heavy atom. The van der Waals surface area contributed by atoms with E-state index >= 15 is 0 Å². The monoisotopic (exact) mass is 392 g/mol. The third-order valence-electron chi connectivity index (χ3n) is 4.20. The van der Waals surface area contributed by atoms with E-state index in [1.165, 1.54) is 4.90 Å². The smallest absolute Gasteiger partial charge is 0.294 e. The highest BCUT2D eigenvalue weighted by atomic mass is 32.2. The van der Waals surface area contributed by atoms with Crippen molar-refractivity contribution in [3.05, 3.63) is 28.7 Å². The second-order valence-corrected chi connectivity index (χ2v) is 7.04. The van der Waals surface area contributed by atoms with Gasteiger partial charge in [0.15, 0.2) is 0 Å². The quantitative estimate of drug-likeness (QED) is 0.661. The summed E-state index contributed by atoms with van der Waals surface area (Å²) >= 11 is 0.960. The third-order valence-corrected chi connectivity index (χ3v) is 5.11. The number of thioether (sulfide) groups is 1. The van der Waals surface area contributed by atoms with Gasteiger partial charge in [-0.3, -0.25) is 19.4 Å². The molecule has 0 radical (unpaired) electrons. The van der Waals surface area contributed by atoms with Crippen molar-refractivity contribution >= 4 is 29.0 Å². The van der Waals surface area contributed by atoms with E-state index in [1.807, 2.05) is 30.9 Å². The van der Waals surface area contributed by atoms with Gasteiger partial charge in [0.25, 0.3) is 11.1 Å². The number of benzene rings is 1. The lowest BCUT2D eigenvalue weighted by molar-refractivity contribution is -0.125. The third kappa shape index (κ3) is 4.82. The molecule has 27 heavy (non-hydrogen) atoms. The van der Waals surface area contributed by atoms with Crippen molar-refractivity contribution in [3.63, 3.8) is 0 Å². The summed E-state index contributed by atoms with van der Waals surface area (Å²) in [6.45, 7) is 7.84. The minimum atomic E-state index is -0.271. The SMILES string of the molecule is CCOc1ccc(C=C2SC(=O)N(CN3CCOCC3)C2=O)c(OCC)c1. The molecule has 0 unspecified atom stereocenters. The number of amides is 2. The number of carbonyl (C=O) groups excluding carboxylic acids is 2. The summed E-state index contributed by atoms with van der Waals surface area (Å²) < 4.78 is 16.5. The molecule has 0 bridgehead atoms. The van der Waals surface area contributed by atoms with E-state index < -0.39 is 0 Å². The number of morpholine rings is 1. The van der Waals surface area contributed by atoms with Gasteiger partial charge in [-0.25, -0.2) is 0 Å². The molecule has 2 aliphatic rings. The van der Waals surface area contributed by atoms with Crippen LogP contribution in [-0.2, 0) is 9.53 Å². The van der Waals surface area contributed by atoms with Gasteiger partial charge in [-0.2, -0.15) is 0 Å². The molecule has 0 spiro atoms. The molecule has 2 amide bonds. The molecule has 146 valence electrons. The van der Waals surface area contributed by atoms with Crippen molar-refractivity contribution in [1.82, 2.24) is 9.80 Å². The Labute approximate surface area is 163 Å². The molecule has 0 aromatic heterocycles. The second-order valence-electron chi connectivity index (χ2n) is 6.05. The molecule has 2 aliphatic heterocycles. The largest absolute Gasteiger partial charge is 0.494 e. The second kappa shape index (κ2) is 9.25. The number of rotatable bonds is 7. The van der Waals surface area contributed by atoms with Crippen LogP contribution in [0.2, 0.25) is 0 Å². The first-order valence-electron chi connectivity index (χ1n) is 9.07. The van der Waals surface area contributed by atoms with Gasteiger partial charge in [-0.1, -0.05) is 0 Å². The number of nitrogens with zero attached hydrogens (tertiary/aromatic N) is 2. The van der Waals surface area contributed by atoms with E-state index in [4.69, 9.17) is 14.2 Å². The van der Waals surface area contributed by atoms with Gasteiger partial charge in [0, 0.05) is 24.7 Å². The molecule has 2 heterocycles. The molecule has 0 atom stereocenters. The number of ether oxygens (including phenoxy) is 3. The predicted octanol–water partition coefficient (Wildman–Crippen LogP) is 2.81. The first-order chi connectivity index (χ1) is 13.1. The summed E-state index contributed by atoms with van der Waals surface area (Å²) in [6.07, 6.45) is 1.71. The molecular formula is C19H24N2O5S. The fourth-order valence-corrected chi connectivity index (χ4v) is 3.70. The summed E-state index contributed by atoms with van der Waals surface area (Å²) in [5.41, 5.74) is 0.747.